The van der Waals surface area contributed by atoms with Crippen molar-refractivity contribution in [2.45, 2.75) is 24.8 Å². The molecule has 2 heterocycles. The molecule has 1 unspecified atom stereocenters. The van der Waals surface area contributed by atoms with Crippen molar-refractivity contribution in [1.29, 1.82) is 0 Å². The lowest BCUT2D eigenvalue weighted by Gasteiger charge is -2.23. The molecule has 30 heavy (non-hydrogen) atoms. The molecule has 0 radical (unpaired) electrons. The first-order valence-corrected chi connectivity index (χ1v) is 8.88. The van der Waals surface area contributed by atoms with Gasteiger partial charge in [0.25, 0.3) is 0 Å². The number of halogens is 3. The zero-order chi connectivity index (χ0) is 22.5. The van der Waals surface area contributed by atoms with E-state index in [4.69, 9.17) is 19.1 Å². The second-order valence-corrected chi connectivity index (χ2v) is 7.30. The molecule has 1 aliphatic heterocycles. The van der Waals surface area contributed by atoms with E-state index in [1.54, 1.807) is 24.3 Å². The van der Waals surface area contributed by atoms with Crippen LogP contribution < -0.4 is 5.11 Å². The molecule has 3 rings (SSSR count). The quantitative estimate of drug-likeness (QED) is 0.570. The maximum Gasteiger partial charge on any atom is 0.430 e. The van der Waals surface area contributed by atoms with E-state index in [1.165, 1.54) is 12.5 Å². The molecule has 1 N–H and O–H groups in total. The number of esters is 1. The third kappa shape index (κ3) is 6.29. The number of aliphatic hydroxyl groups is 1. The number of hydrogen-bond donors (Lipinski definition) is 1. The van der Waals surface area contributed by atoms with Gasteiger partial charge in [-0.1, -0.05) is 18.2 Å². The molecule has 164 valence electrons. The van der Waals surface area contributed by atoms with Gasteiger partial charge in [0, 0.05) is 17.5 Å². The Bertz CT molecular complexity index is 867. The van der Waals surface area contributed by atoms with Crippen LogP contribution in [0.2, 0.25) is 0 Å². The first kappa shape index (κ1) is 23.4. The molecule has 1 aromatic carbocycles. The Labute approximate surface area is 170 Å². The number of quaternary nitrogens is 1. The second-order valence-electron chi connectivity index (χ2n) is 7.30. The van der Waals surface area contributed by atoms with Gasteiger partial charge in [-0.15, -0.1) is 0 Å². The highest BCUT2D eigenvalue weighted by molar-refractivity contribution is 5.79. The second kappa shape index (κ2) is 9.26. The van der Waals surface area contributed by atoms with Crippen molar-refractivity contribution in [2.75, 3.05) is 27.2 Å². The average Bonchev–Trinajstić information content (AvgIpc) is 3.30. The van der Waals surface area contributed by atoms with Gasteiger partial charge in [-0.05, 0) is 6.07 Å². The highest BCUT2D eigenvalue weighted by Gasteiger charge is 2.35. The van der Waals surface area contributed by atoms with Crippen LogP contribution in [0, 0.1) is 0 Å². The number of benzene rings is 1. The van der Waals surface area contributed by atoms with Crippen molar-refractivity contribution in [1.82, 2.24) is 4.98 Å². The maximum absolute atomic E-state index is 12.3. The van der Waals surface area contributed by atoms with Crippen LogP contribution in [0.25, 0.3) is 11.5 Å². The largest absolute Gasteiger partial charge is 0.542 e. The van der Waals surface area contributed by atoms with Gasteiger partial charge in [-0.25, -0.2) is 9.78 Å². The van der Waals surface area contributed by atoms with Crippen LogP contribution in [-0.4, -0.2) is 66.0 Å². The van der Waals surface area contributed by atoms with Gasteiger partial charge < -0.3 is 28.6 Å². The summed E-state index contributed by atoms with van der Waals surface area (Å²) in [6.45, 7) is 1.72. The van der Waals surface area contributed by atoms with E-state index in [9.17, 15) is 23.1 Å². The number of nitrogens with zero attached hydrogens (tertiary/aromatic N) is 2. The number of likely N-dealkylation sites (tertiary alicyclic amines) is 1. The lowest BCUT2D eigenvalue weighted by Crippen LogP contribution is -2.38. The number of ether oxygens (including phenoxy) is 1. The molecule has 2 atom stereocenters. The number of carbonyl (C=O) groups is 2. The number of aromatic nitrogens is 1. The van der Waals surface area contributed by atoms with Crippen LogP contribution >= 0.6 is 0 Å². The minimum absolute atomic E-state index is 0.152. The molecule has 0 saturated carbocycles. The molecule has 2 aromatic rings. The highest BCUT2D eigenvalue weighted by atomic mass is 19.4. The zero-order valence-electron chi connectivity index (χ0n) is 16.3. The number of aliphatic carboxylic acids is 1. The predicted octanol–water partition coefficient (Wildman–Crippen LogP) is 1.07. The molecule has 0 amide bonds. The van der Waals surface area contributed by atoms with E-state index < -0.39 is 24.2 Å². The Hall–Kier alpha value is -2.92. The number of oxazole rings is 1. The zero-order valence-corrected chi connectivity index (χ0v) is 16.3. The van der Waals surface area contributed by atoms with Crippen molar-refractivity contribution in [3.8, 4) is 11.5 Å². The standard InChI is InChI=1S/C17H21N2O4.C2HF3O2/c1-19(2)9-7-12(11-19)23-17(21)15(20)13-5-3-4-6-14(13)16-18-8-10-22-16;3-2(4,5)1(6)7/h3-6,8,10,12,15,20H,7,9,11H2,1-2H3;(H,6,7)/q+1;/p-1/t12-,15?;/m1./s1. The Kier molecular flexibility index (Phi) is 7.21. The van der Waals surface area contributed by atoms with Gasteiger partial charge in [0.1, 0.15) is 18.8 Å². The summed E-state index contributed by atoms with van der Waals surface area (Å²) in [4.78, 5) is 25.2. The van der Waals surface area contributed by atoms with Crippen molar-refractivity contribution >= 4 is 11.9 Å². The fraction of sp³-hybridized carbons (Fsp3) is 0.421. The van der Waals surface area contributed by atoms with Gasteiger partial charge in [-0.2, -0.15) is 13.2 Å². The number of rotatable bonds is 4. The van der Waals surface area contributed by atoms with E-state index in [0.717, 1.165) is 24.0 Å². The summed E-state index contributed by atoms with van der Waals surface area (Å²) in [6, 6.07) is 7.00. The number of likely N-dealkylation sites (N-methyl/N-ethyl adjacent to an activating group) is 1. The van der Waals surface area contributed by atoms with Gasteiger partial charge in [0.05, 0.1) is 26.8 Å². The Morgan fingerprint density at radius 1 is 1.33 bits per heavy atom. The van der Waals surface area contributed by atoms with Crippen LogP contribution in [-0.2, 0) is 14.3 Å². The van der Waals surface area contributed by atoms with Gasteiger partial charge in [-0.3, -0.25) is 0 Å². The Morgan fingerprint density at radius 3 is 2.47 bits per heavy atom. The maximum atomic E-state index is 12.3. The lowest BCUT2D eigenvalue weighted by molar-refractivity contribution is -0.879. The summed E-state index contributed by atoms with van der Waals surface area (Å²) in [5, 5.41) is 19.2. The fourth-order valence-electron chi connectivity index (χ4n) is 2.97. The molecule has 1 aromatic heterocycles. The Balaban J connectivity index is 0.000000396. The minimum Gasteiger partial charge on any atom is -0.542 e. The number of aliphatic hydroxyl groups excluding tert-OH is 1. The molecule has 11 heteroatoms. The van der Waals surface area contributed by atoms with Crippen molar-refractivity contribution in [3.63, 3.8) is 0 Å². The summed E-state index contributed by atoms with van der Waals surface area (Å²) < 4.78 is 43.1. The van der Waals surface area contributed by atoms with Crippen LogP contribution in [0.15, 0.2) is 41.1 Å². The molecule has 0 spiro atoms. The number of carbonyl (C=O) groups excluding carboxylic acids is 2. The monoisotopic (exact) mass is 430 g/mol. The molecular weight excluding hydrogens is 409 g/mol. The SMILES string of the molecule is C[N+]1(C)CC[C@@H](OC(=O)C(O)c2ccccc2-c2ncco2)C1.O=C([O-])C(F)(F)F. The van der Waals surface area contributed by atoms with Crippen molar-refractivity contribution in [2.24, 2.45) is 0 Å². The summed E-state index contributed by atoms with van der Waals surface area (Å²) >= 11 is 0. The summed E-state index contributed by atoms with van der Waals surface area (Å²) in [6.07, 6.45) is -2.91. The molecule has 0 bridgehead atoms. The van der Waals surface area contributed by atoms with Crippen LogP contribution in [0.1, 0.15) is 18.1 Å². The van der Waals surface area contributed by atoms with Gasteiger partial charge in [0.2, 0.25) is 5.89 Å². The number of hydrogen-bond acceptors (Lipinski definition) is 7. The number of carboxylic acid groups (broad SMARTS) is 1. The van der Waals surface area contributed by atoms with E-state index in [0.29, 0.717) is 17.0 Å². The first-order valence-electron chi connectivity index (χ1n) is 8.88. The third-order valence-electron chi connectivity index (χ3n) is 4.41. The third-order valence-corrected chi connectivity index (χ3v) is 4.41. The summed E-state index contributed by atoms with van der Waals surface area (Å²) in [5.41, 5.74) is 1.02. The van der Waals surface area contributed by atoms with E-state index in [1.807, 2.05) is 0 Å². The molecule has 0 aliphatic carbocycles. The number of carboxylic acids is 1. The average molecular weight is 430 g/mol. The lowest BCUT2D eigenvalue weighted by atomic mass is 10.0. The molecule has 1 fully saturated rings. The fourth-order valence-corrected chi connectivity index (χ4v) is 2.97. The van der Waals surface area contributed by atoms with E-state index >= 15 is 0 Å². The van der Waals surface area contributed by atoms with Crippen molar-refractivity contribution in [3.05, 3.63) is 42.3 Å². The molecule has 1 aliphatic rings. The van der Waals surface area contributed by atoms with Crippen LogP contribution in [0.5, 0.6) is 0 Å². The number of alkyl halides is 3. The van der Waals surface area contributed by atoms with Gasteiger partial charge in [0.15, 0.2) is 12.2 Å². The van der Waals surface area contributed by atoms with Gasteiger partial charge >= 0.3 is 12.1 Å². The van der Waals surface area contributed by atoms with Crippen LogP contribution in [0.3, 0.4) is 0 Å². The van der Waals surface area contributed by atoms with Crippen LogP contribution in [0.4, 0.5) is 13.2 Å². The molecule has 8 nitrogen and oxygen atoms in total. The smallest absolute Gasteiger partial charge is 0.430 e. The van der Waals surface area contributed by atoms with E-state index in [2.05, 4.69) is 19.1 Å². The molecular formula is C19H21F3N2O6. The summed E-state index contributed by atoms with van der Waals surface area (Å²) in [5.74, 6) is -3.27. The van der Waals surface area contributed by atoms with E-state index in [-0.39, 0.29) is 6.10 Å². The summed E-state index contributed by atoms with van der Waals surface area (Å²) in [7, 11) is 4.20. The molecule has 1 saturated heterocycles. The normalized spacial score (nSPS) is 18.8. The first-order chi connectivity index (χ1) is 13.9. The predicted molar refractivity (Wildman–Crippen MR) is 94.3 cm³/mol. The Morgan fingerprint density at radius 2 is 1.97 bits per heavy atom. The highest BCUT2D eigenvalue weighted by Crippen LogP contribution is 2.28. The topological polar surface area (TPSA) is 113 Å². The van der Waals surface area contributed by atoms with Crippen molar-refractivity contribution < 1.29 is 46.6 Å². The minimum atomic E-state index is -5.19.